The minimum atomic E-state index is -0.116. The zero-order valence-electron chi connectivity index (χ0n) is 10.7. The molecule has 0 radical (unpaired) electrons. The van der Waals surface area contributed by atoms with Gasteiger partial charge in [0, 0.05) is 12.2 Å². The standard InChI is InChI=1S/C13H20N2O2/c1-4-10(5-2)15-12(16)11-8-7-9-14-13(11)17-6-3/h7-10H,4-6H2,1-3H3,(H,15,16). The number of nitrogens with zero attached hydrogens (tertiary/aromatic N) is 1. The van der Waals surface area contributed by atoms with E-state index in [1.807, 2.05) is 6.92 Å². The first-order valence-corrected chi connectivity index (χ1v) is 6.11. The van der Waals surface area contributed by atoms with Crippen LogP contribution in [0.3, 0.4) is 0 Å². The van der Waals surface area contributed by atoms with Crippen molar-refractivity contribution in [2.24, 2.45) is 0 Å². The summed E-state index contributed by atoms with van der Waals surface area (Å²) in [6, 6.07) is 3.68. The summed E-state index contributed by atoms with van der Waals surface area (Å²) >= 11 is 0. The quantitative estimate of drug-likeness (QED) is 0.825. The minimum absolute atomic E-state index is 0.116. The van der Waals surface area contributed by atoms with Crippen molar-refractivity contribution in [1.29, 1.82) is 0 Å². The van der Waals surface area contributed by atoms with Crippen LogP contribution in [0.2, 0.25) is 0 Å². The zero-order chi connectivity index (χ0) is 12.7. The normalized spacial score (nSPS) is 10.4. The second-order valence-corrected chi connectivity index (χ2v) is 3.78. The molecule has 0 bridgehead atoms. The monoisotopic (exact) mass is 236 g/mol. The zero-order valence-corrected chi connectivity index (χ0v) is 10.7. The molecular formula is C13H20N2O2. The third kappa shape index (κ3) is 3.73. The Morgan fingerprint density at radius 3 is 2.71 bits per heavy atom. The SMILES string of the molecule is CCOc1ncccc1C(=O)NC(CC)CC. The van der Waals surface area contributed by atoms with Crippen molar-refractivity contribution in [3.05, 3.63) is 23.9 Å². The van der Waals surface area contributed by atoms with Crippen molar-refractivity contribution >= 4 is 5.91 Å². The van der Waals surface area contributed by atoms with Gasteiger partial charge in [-0.2, -0.15) is 0 Å². The molecule has 0 saturated carbocycles. The number of rotatable bonds is 6. The highest BCUT2D eigenvalue weighted by Crippen LogP contribution is 2.14. The van der Waals surface area contributed by atoms with Gasteiger partial charge >= 0.3 is 0 Å². The lowest BCUT2D eigenvalue weighted by molar-refractivity contribution is 0.0930. The highest BCUT2D eigenvalue weighted by Gasteiger charge is 2.15. The second kappa shape index (κ2) is 6.89. The van der Waals surface area contributed by atoms with E-state index in [1.165, 1.54) is 0 Å². The molecule has 0 aliphatic carbocycles. The molecule has 0 saturated heterocycles. The van der Waals surface area contributed by atoms with Crippen LogP contribution < -0.4 is 10.1 Å². The number of ether oxygens (including phenoxy) is 1. The summed E-state index contributed by atoms with van der Waals surface area (Å²) in [6.07, 6.45) is 3.47. The van der Waals surface area contributed by atoms with E-state index in [9.17, 15) is 4.79 Å². The van der Waals surface area contributed by atoms with Crippen LogP contribution in [0.5, 0.6) is 5.88 Å². The Labute approximate surface area is 102 Å². The molecule has 4 heteroatoms. The van der Waals surface area contributed by atoms with Crippen LogP contribution in [0.4, 0.5) is 0 Å². The van der Waals surface area contributed by atoms with Crippen molar-refractivity contribution in [3.8, 4) is 5.88 Å². The molecule has 0 aliphatic heterocycles. The topological polar surface area (TPSA) is 51.2 Å². The van der Waals surface area contributed by atoms with E-state index in [0.717, 1.165) is 12.8 Å². The Kier molecular flexibility index (Phi) is 5.46. The summed E-state index contributed by atoms with van der Waals surface area (Å²) < 4.78 is 5.34. The highest BCUT2D eigenvalue weighted by molar-refractivity contribution is 5.96. The first-order valence-electron chi connectivity index (χ1n) is 6.11. The molecule has 0 unspecified atom stereocenters. The van der Waals surface area contributed by atoms with Gasteiger partial charge in [0.25, 0.3) is 5.91 Å². The number of hydrogen-bond acceptors (Lipinski definition) is 3. The summed E-state index contributed by atoms with van der Waals surface area (Å²) in [5.74, 6) is 0.286. The maximum absolute atomic E-state index is 12.0. The van der Waals surface area contributed by atoms with Crippen LogP contribution in [0, 0.1) is 0 Å². The smallest absolute Gasteiger partial charge is 0.256 e. The van der Waals surface area contributed by atoms with Crippen LogP contribution in [-0.4, -0.2) is 23.5 Å². The molecule has 94 valence electrons. The van der Waals surface area contributed by atoms with Crippen molar-refractivity contribution in [2.75, 3.05) is 6.61 Å². The predicted molar refractivity (Wildman–Crippen MR) is 67.2 cm³/mol. The van der Waals surface area contributed by atoms with Crippen molar-refractivity contribution < 1.29 is 9.53 Å². The maximum Gasteiger partial charge on any atom is 0.256 e. The first kappa shape index (κ1) is 13.5. The van der Waals surface area contributed by atoms with Crippen LogP contribution in [0.25, 0.3) is 0 Å². The number of aromatic nitrogens is 1. The molecule has 1 rings (SSSR count). The fraction of sp³-hybridized carbons (Fsp3) is 0.538. The lowest BCUT2D eigenvalue weighted by atomic mass is 10.1. The van der Waals surface area contributed by atoms with Gasteiger partial charge < -0.3 is 10.1 Å². The lowest BCUT2D eigenvalue weighted by Gasteiger charge is -2.15. The average molecular weight is 236 g/mol. The first-order chi connectivity index (χ1) is 8.22. The second-order valence-electron chi connectivity index (χ2n) is 3.78. The van der Waals surface area contributed by atoms with Gasteiger partial charge in [-0.25, -0.2) is 4.98 Å². The molecule has 1 amide bonds. The predicted octanol–water partition coefficient (Wildman–Crippen LogP) is 2.40. The molecule has 1 N–H and O–H groups in total. The third-order valence-corrected chi connectivity index (χ3v) is 2.62. The number of hydrogen-bond donors (Lipinski definition) is 1. The van der Waals surface area contributed by atoms with Gasteiger partial charge in [-0.1, -0.05) is 13.8 Å². The van der Waals surface area contributed by atoms with Gasteiger partial charge in [0.05, 0.1) is 6.61 Å². The molecule has 0 atom stereocenters. The van der Waals surface area contributed by atoms with E-state index in [2.05, 4.69) is 24.1 Å². The maximum atomic E-state index is 12.0. The summed E-state index contributed by atoms with van der Waals surface area (Å²) in [7, 11) is 0. The number of carbonyl (C=O) groups excluding carboxylic acids is 1. The molecule has 0 aliphatic rings. The third-order valence-electron chi connectivity index (χ3n) is 2.62. The molecular weight excluding hydrogens is 216 g/mol. The van der Waals surface area contributed by atoms with E-state index >= 15 is 0 Å². The molecule has 17 heavy (non-hydrogen) atoms. The van der Waals surface area contributed by atoms with Crippen molar-refractivity contribution in [3.63, 3.8) is 0 Å². The molecule has 1 aromatic heterocycles. The average Bonchev–Trinajstić information content (AvgIpc) is 2.36. The Hall–Kier alpha value is -1.58. The summed E-state index contributed by atoms with van der Waals surface area (Å²) in [5.41, 5.74) is 0.501. The molecule has 0 spiro atoms. The van der Waals surface area contributed by atoms with E-state index in [-0.39, 0.29) is 11.9 Å². The van der Waals surface area contributed by atoms with Crippen molar-refractivity contribution in [1.82, 2.24) is 10.3 Å². The van der Waals surface area contributed by atoms with Crippen LogP contribution in [0.15, 0.2) is 18.3 Å². The number of carbonyl (C=O) groups is 1. The van der Waals surface area contributed by atoms with Crippen LogP contribution >= 0.6 is 0 Å². The summed E-state index contributed by atoms with van der Waals surface area (Å²) in [6.45, 7) is 6.49. The van der Waals surface area contributed by atoms with E-state index < -0.39 is 0 Å². The molecule has 1 heterocycles. The largest absolute Gasteiger partial charge is 0.477 e. The summed E-state index contributed by atoms with van der Waals surface area (Å²) in [5, 5.41) is 2.97. The van der Waals surface area contributed by atoms with E-state index in [1.54, 1.807) is 18.3 Å². The molecule has 4 nitrogen and oxygen atoms in total. The van der Waals surface area contributed by atoms with Crippen LogP contribution in [-0.2, 0) is 0 Å². The highest BCUT2D eigenvalue weighted by atomic mass is 16.5. The van der Waals surface area contributed by atoms with Gasteiger partial charge in [-0.05, 0) is 31.9 Å². The fourth-order valence-electron chi connectivity index (χ4n) is 1.57. The van der Waals surface area contributed by atoms with Gasteiger partial charge in [0.2, 0.25) is 5.88 Å². The van der Waals surface area contributed by atoms with Gasteiger partial charge in [0.15, 0.2) is 0 Å². The van der Waals surface area contributed by atoms with E-state index in [4.69, 9.17) is 4.74 Å². The fourth-order valence-corrected chi connectivity index (χ4v) is 1.57. The Morgan fingerprint density at radius 2 is 2.12 bits per heavy atom. The Balaban J connectivity index is 2.80. The van der Waals surface area contributed by atoms with Crippen molar-refractivity contribution in [2.45, 2.75) is 39.7 Å². The summed E-state index contributed by atoms with van der Waals surface area (Å²) in [4.78, 5) is 16.1. The number of amides is 1. The molecule has 1 aromatic rings. The van der Waals surface area contributed by atoms with Gasteiger partial charge in [-0.3, -0.25) is 4.79 Å². The molecule has 0 aromatic carbocycles. The molecule has 0 fully saturated rings. The van der Waals surface area contributed by atoms with Gasteiger partial charge in [0.1, 0.15) is 5.56 Å². The van der Waals surface area contributed by atoms with E-state index in [0.29, 0.717) is 18.1 Å². The van der Waals surface area contributed by atoms with Gasteiger partial charge in [-0.15, -0.1) is 0 Å². The lowest BCUT2D eigenvalue weighted by Crippen LogP contribution is -2.34. The number of nitrogens with one attached hydrogen (secondary N) is 1. The minimum Gasteiger partial charge on any atom is -0.477 e. The Bertz CT molecular complexity index is 362. The van der Waals surface area contributed by atoms with Crippen LogP contribution in [0.1, 0.15) is 44.0 Å². The Morgan fingerprint density at radius 1 is 1.41 bits per heavy atom. The number of pyridine rings is 1.